The number of nitriles is 1. The smallest absolute Gasteiger partial charge is 0.408 e. The molecule has 0 bridgehead atoms. The summed E-state index contributed by atoms with van der Waals surface area (Å²) in [5.41, 5.74) is 0.0254. The number of amides is 3. The van der Waals surface area contributed by atoms with Crippen LogP contribution in [0.15, 0.2) is 60.7 Å². The van der Waals surface area contributed by atoms with E-state index in [0.29, 0.717) is 5.56 Å². The van der Waals surface area contributed by atoms with Gasteiger partial charge in [0, 0.05) is 12.0 Å². The Kier molecular flexibility index (Phi) is 9.62. The van der Waals surface area contributed by atoms with Crippen LogP contribution in [0.1, 0.15) is 58.7 Å². The van der Waals surface area contributed by atoms with Crippen LogP contribution in [0.3, 0.4) is 0 Å². The van der Waals surface area contributed by atoms with E-state index in [1.165, 1.54) is 4.90 Å². The summed E-state index contributed by atoms with van der Waals surface area (Å²) in [5, 5.41) is 15.2. The summed E-state index contributed by atoms with van der Waals surface area (Å²) in [7, 11) is 0. The van der Waals surface area contributed by atoms with Crippen molar-refractivity contribution in [2.24, 2.45) is 0 Å². The number of hydrogen-bond acceptors (Lipinski definition) is 5. The molecule has 36 heavy (non-hydrogen) atoms. The monoisotopic (exact) mass is 492 g/mol. The maximum atomic E-state index is 13.9. The fraction of sp³-hybridized carbons (Fsp3) is 0.429. The predicted octanol–water partition coefficient (Wildman–Crippen LogP) is 4.13. The van der Waals surface area contributed by atoms with Gasteiger partial charge in [0.2, 0.25) is 11.8 Å². The molecule has 0 aliphatic carbocycles. The van der Waals surface area contributed by atoms with Crippen molar-refractivity contribution in [1.29, 1.82) is 5.26 Å². The summed E-state index contributed by atoms with van der Waals surface area (Å²) in [4.78, 5) is 41.3. The maximum Gasteiger partial charge on any atom is 0.408 e. The third-order valence-corrected chi connectivity index (χ3v) is 4.97. The van der Waals surface area contributed by atoms with E-state index in [4.69, 9.17) is 4.74 Å². The van der Waals surface area contributed by atoms with Crippen molar-refractivity contribution in [1.82, 2.24) is 15.5 Å². The number of hydrogen-bond donors (Lipinski definition) is 2. The van der Waals surface area contributed by atoms with E-state index in [1.807, 2.05) is 57.2 Å². The van der Waals surface area contributed by atoms with Crippen LogP contribution in [0.2, 0.25) is 0 Å². The summed E-state index contributed by atoms with van der Waals surface area (Å²) in [6, 6.07) is 17.9. The second kappa shape index (κ2) is 12.2. The Morgan fingerprint density at radius 1 is 0.944 bits per heavy atom. The molecular formula is C28H36N4O4. The van der Waals surface area contributed by atoms with E-state index in [9.17, 15) is 19.6 Å². The van der Waals surface area contributed by atoms with Gasteiger partial charge in [-0.25, -0.2) is 4.79 Å². The molecule has 0 aromatic heterocycles. The number of benzene rings is 2. The molecule has 8 heteroatoms. The van der Waals surface area contributed by atoms with Gasteiger partial charge in [-0.3, -0.25) is 9.59 Å². The minimum absolute atomic E-state index is 0.156. The van der Waals surface area contributed by atoms with Crippen LogP contribution in [-0.4, -0.2) is 46.5 Å². The predicted molar refractivity (Wildman–Crippen MR) is 138 cm³/mol. The van der Waals surface area contributed by atoms with Crippen LogP contribution in [0.4, 0.5) is 4.79 Å². The van der Waals surface area contributed by atoms with Crippen LogP contribution in [0, 0.1) is 11.3 Å². The Morgan fingerprint density at radius 3 is 2.00 bits per heavy atom. The highest BCUT2D eigenvalue weighted by Crippen LogP contribution is 2.24. The summed E-state index contributed by atoms with van der Waals surface area (Å²) < 4.78 is 5.39. The number of carbonyl (C=O) groups excluding carboxylic acids is 3. The van der Waals surface area contributed by atoms with Gasteiger partial charge < -0.3 is 20.3 Å². The van der Waals surface area contributed by atoms with Gasteiger partial charge in [0.15, 0.2) is 0 Å². The minimum Gasteiger partial charge on any atom is -0.444 e. The standard InChI is InChI=1S/C28H36N4O4/c1-27(2,3)31-24(33)23(21-15-11-8-12-16-21)32(18-17-29)25(34)22(19-20-13-9-7-10-14-20)30-26(35)36-28(4,5)6/h7-16,22-23H,18-19H2,1-6H3,(H,30,35)(H,31,33). The molecule has 3 amide bonds. The SMILES string of the molecule is CC(C)(C)NC(=O)C(c1ccccc1)N(CC#N)C(=O)C(Cc1ccccc1)NC(=O)OC(C)(C)C. The highest BCUT2D eigenvalue weighted by molar-refractivity contribution is 5.92. The van der Waals surface area contributed by atoms with E-state index in [0.717, 1.165) is 5.56 Å². The molecular weight excluding hydrogens is 456 g/mol. The summed E-state index contributed by atoms with van der Waals surface area (Å²) in [5.74, 6) is -0.989. The number of nitrogens with one attached hydrogen (secondary N) is 2. The maximum absolute atomic E-state index is 13.9. The molecule has 2 atom stereocenters. The van der Waals surface area contributed by atoms with Crippen molar-refractivity contribution in [3.05, 3.63) is 71.8 Å². The average Bonchev–Trinajstić information content (AvgIpc) is 2.77. The van der Waals surface area contributed by atoms with Crippen LogP contribution >= 0.6 is 0 Å². The van der Waals surface area contributed by atoms with E-state index in [1.54, 1.807) is 51.1 Å². The van der Waals surface area contributed by atoms with Gasteiger partial charge in [0.1, 0.15) is 24.2 Å². The Morgan fingerprint density at radius 2 is 1.50 bits per heavy atom. The Balaban J connectivity index is 2.50. The fourth-order valence-corrected chi connectivity index (χ4v) is 3.62. The van der Waals surface area contributed by atoms with E-state index in [-0.39, 0.29) is 13.0 Å². The van der Waals surface area contributed by atoms with Gasteiger partial charge in [0.25, 0.3) is 0 Å². The molecule has 0 saturated heterocycles. The first-order valence-corrected chi connectivity index (χ1v) is 11.9. The lowest BCUT2D eigenvalue weighted by atomic mass is 9.99. The Bertz CT molecular complexity index is 1070. The van der Waals surface area contributed by atoms with Gasteiger partial charge in [-0.15, -0.1) is 0 Å². The van der Waals surface area contributed by atoms with Gasteiger partial charge in [-0.2, -0.15) is 5.26 Å². The summed E-state index contributed by atoms with van der Waals surface area (Å²) in [6.07, 6.45) is -0.604. The highest BCUT2D eigenvalue weighted by Gasteiger charge is 2.37. The molecule has 2 aromatic rings. The zero-order valence-electron chi connectivity index (χ0n) is 21.9. The molecule has 2 N–H and O–H groups in total. The van der Waals surface area contributed by atoms with Gasteiger partial charge >= 0.3 is 6.09 Å². The zero-order valence-corrected chi connectivity index (χ0v) is 21.9. The molecule has 8 nitrogen and oxygen atoms in total. The molecule has 0 fully saturated rings. The Hall–Kier alpha value is -3.86. The molecule has 0 spiro atoms. The lowest BCUT2D eigenvalue weighted by Gasteiger charge is -2.34. The second-order valence-corrected chi connectivity index (χ2v) is 10.6. The Labute approximate surface area is 213 Å². The van der Waals surface area contributed by atoms with Gasteiger partial charge in [-0.1, -0.05) is 60.7 Å². The number of nitrogens with zero attached hydrogens (tertiary/aromatic N) is 2. The van der Waals surface area contributed by atoms with Crippen LogP contribution in [0.25, 0.3) is 0 Å². The molecule has 2 rings (SSSR count). The average molecular weight is 493 g/mol. The van der Waals surface area contributed by atoms with Crippen LogP contribution < -0.4 is 10.6 Å². The summed E-state index contributed by atoms with van der Waals surface area (Å²) in [6.45, 7) is 10.3. The number of alkyl carbamates (subject to hydrolysis) is 1. The molecule has 2 unspecified atom stereocenters. The number of rotatable bonds is 8. The summed E-state index contributed by atoms with van der Waals surface area (Å²) >= 11 is 0. The first kappa shape index (κ1) is 28.4. The molecule has 0 radical (unpaired) electrons. The molecule has 0 aliphatic heterocycles. The van der Waals surface area contributed by atoms with E-state index in [2.05, 4.69) is 10.6 Å². The van der Waals surface area contributed by atoms with Gasteiger partial charge in [0.05, 0.1) is 6.07 Å². The van der Waals surface area contributed by atoms with Crippen LogP contribution in [0.5, 0.6) is 0 Å². The first-order valence-electron chi connectivity index (χ1n) is 11.9. The highest BCUT2D eigenvalue weighted by atomic mass is 16.6. The fourth-order valence-electron chi connectivity index (χ4n) is 3.62. The molecule has 192 valence electrons. The van der Waals surface area contributed by atoms with Gasteiger partial charge in [-0.05, 0) is 52.7 Å². The largest absolute Gasteiger partial charge is 0.444 e. The molecule has 0 heterocycles. The van der Waals surface area contributed by atoms with E-state index < -0.39 is 41.1 Å². The van der Waals surface area contributed by atoms with Crippen molar-refractivity contribution in [3.8, 4) is 6.07 Å². The number of carbonyl (C=O) groups is 3. The number of ether oxygens (including phenoxy) is 1. The second-order valence-electron chi connectivity index (χ2n) is 10.6. The minimum atomic E-state index is -1.07. The first-order chi connectivity index (χ1) is 16.8. The van der Waals surface area contributed by atoms with Crippen molar-refractivity contribution in [2.45, 2.75) is 71.2 Å². The lowest BCUT2D eigenvalue weighted by Crippen LogP contribution is -2.55. The molecule has 0 saturated carbocycles. The van der Waals surface area contributed by atoms with Crippen LogP contribution in [-0.2, 0) is 20.7 Å². The third-order valence-electron chi connectivity index (χ3n) is 4.97. The van der Waals surface area contributed by atoms with Crippen molar-refractivity contribution in [2.75, 3.05) is 6.54 Å². The molecule has 0 aliphatic rings. The normalized spacial score (nSPS) is 13.0. The van der Waals surface area contributed by atoms with Crippen molar-refractivity contribution in [3.63, 3.8) is 0 Å². The quantitative estimate of drug-likeness (QED) is 0.538. The van der Waals surface area contributed by atoms with E-state index >= 15 is 0 Å². The van der Waals surface area contributed by atoms with Crippen molar-refractivity contribution < 1.29 is 19.1 Å². The zero-order chi connectivity index (χ0) is 26.9. The van der Waals surface area contributed by atoms with Crippen molar-refractivity contribution >= 4 is 17.9 Å². The third kappa shape index (κ3) is 9.06. The lowest BCUT2D eigenvalue weighted by molar-refractivity contribution is -0.142. The molecule has 2 aromatic carbocycles. The topological polar surface area (TPSA) is 112 Å².